The summed E-state index contributed by atoms with van der Waals surface area (Å²) in [5, 5.41) is 2.91. The first kappa shape index (κ1) is 18.2. The maximum absolute atomic E-state index is 12.9. The Labute approximate surface area is 154 Å². The molecule has 138 valence electrons. The summed E-state index contributed by atoms with van der Waals surface area (Å²) < 4.78 is 18.4. The van der Waals surface area contributed by atoms with Gasteiger partial charge in [-0.2, -0.15) is 0 Å². The molecule has 1 unspecified atom stereocenters. The van der Waals surface area contributed by atoms with E-state index >= 15 is 0 Å². The SMILES string of the molecule is CC(Oc1ccc(F)cc1)C(=O)NCCCN1CCCc2ccccc21. The maximum Gasteiger partial charge on any atom is 0.260 e. The van der Waals surface area contributed by atoms with Crippen LogP contribution >= 0.6 is 0 Å². The van der Waals surface area contributed by atoms with Gasteiger partial charge >= 0.3 is 0 Å². The van der Waals surface area contributed by atoms with Gasteiger partial charge in [0, 0.05) is 25.3 Å². The predicted octanol–water partition coefficient (Wildman–Crippen LogP) is 3.55. The lowest BCUT2D eigenvalue weighted by Crippen LogP contribution is -2.38. The molecular formula is C21H25FN2O2. The summed E-state index contributed by atoms with van der Waals surface area (Å²) in [6.45, 7) is 4.29. The van der Waals surface area contributed by atoms with E-state index in [9.17, 15) is 9.18 Å². The van der Waals surface area contributed by atoms with E-state index in [1.54, 1.807) is 6.92 Å². The number of anilines is 1. The van der Waals surface area contributed by atoms with Gasteiger partial charge in [-0.3, -0.25) is 4.79 Å². The van der Waals surface area contributed by atoms with Gasteiger partial charge in [-0.15, -0.1) is 0 Å². The number of benzene rings is 2. The number of hydrogen-bond acceptors (Lipinski definition) is 3. The van der Waals surface area contributed by atoms with Crippen LogP contribution in [0, 0.1) is 5.82 Å². The zero-order valence-electron chi connectivity index (χ0n) is 15.1. The van der Waals surface area contributed by atoms with E-state index < -0.39 is 6.10 Å². The summed E-state index contributed by atoms with van der Waals surface area (Å²) in [5.41, 5.74) is 2.72. The van der Waals surface area contributed by atoms with Crippen molar-refractivity contribution in [1.82, 2.24) is 5.32 Å². The monoisotopic (exact) mass is 356 g/mol. The number of rotatable bonds is 7. The Balaban J connectivity index is 1.41. The quantitative estimate of drug-likeness (QED) is 0.772. The van der Waals surface area contributed by atoms with Crippen LogP contribution in [0.5, 0.6) is 5.75 Å². The van der Waals surface area contributed by atoms with E-state index in [2.05, 4.69) is 34.5 Å². The molecule has 26 heavy (non-hydrogen) atoms. The van der Waals surface area contributed by atoms with Crippen molar-refractivity contribution < 1.29 is 13.9 Å². The summed E-state index contributed by atoms with van der Waals surface area (Å²) in [7, 11) is 0. The number of nitrogens with one attached hydrogen (secondary N) is 1. The fraction of sp³-hybridized carbons (Fsp3) is 0.381. The first-order valence-corrected chi connectivity index (χ1v) is 9.16. The van der Waals surface area contributed by atoms with Crippen LogP contribution in [0.3, 0.4) is 0 Å². The van der Waals surface area contributed by atoms with Crippen LogP contribution in [0.1, 0.15) is 25.3 Å². The Morgan fingerprint density at radius 1 is 1.23 bits per heavy atom. The molecule has 0 saturated carbocycles. The number of fused-ring (bicyclic) bond motifs is 1. The molecular weight excluding hydrogens is 331 g/mol. The number of ether oxygens (including phenoxy) is 1. The lowest BCUT2D eigenvalue weighted by atomic mass is 10.0. The van der Waals surface area contributed by atoms with Crippen LogP contribution in [0.25, 0.3) is 0 Å². The molecule has 0 radical (unpaired) electrons. The molecule has 0 spiro atoms. The summed E-state index contributed by atoms with van der Waals surface area (Å²) in [6.07, 6.45) is 2.58. The summed E-state index contributed by atoms with van der Waals surface area (Å²) in [4.78, 5) is 14.5. The normalized spacial score (nSPS) is 14.5. The second-order valence-corrected chi connectivity index (χ2v) is 6.58. The molecule has 0 bridgehead atoms. The molecule has 2 aromatic rings. The van der Waals surface area contributed by atoms with Gasteiger partial charge in [-0.1, -0.05) is 18.2 Å². The number of nitrogens with zero attached hydrogens (tertiary/aromatic N) is 1. The number of aryl methyl sites for hydroxylation is 1. The predicted molar refractivity (Wildman–Crippen MR) is 101 cm³/mol. The Bertz CT molecular complexity index is 733. The third-order valence-corrected chi connectivity index (χ3v) is 4.61. The van der Waals surface area contributed by atoms with Gasteiger partial charge in [-0.05, 0) is 62.1 Å². The lowest BCUT2D eigenvalue weighted by molar-refractivity contribution is -0.127. The highest BCUT2D eigenvalue weighted by Crippen LogP contribution is 2.26. The van der Waals surface area contributed by atoms with Crippen molar-refractivity contribution in [3.8, 4) is 5.75 Å². The topological polar surface area (TPSA) is 41.6 Å². The standard InChI is InChI=1S/C21H25FN2O2/c1-16(26-19-11-9-18(22)10-12-19)21(25)23-13-5-15-24-14-4-7-17-6-2-3-8-20(17)24/h2-3,6,8-12,16H,4-5,7,13-15H2,1H3,(H,23,25). The summed E-state index contributed by atoms with van der Waals surface area (Å²) in [5.74, 6) is 0.00100. The largest absolute Gasteiger partial charge is 0.481 e. The van der Waals surface area contributed by atoms with Gasteiger partial charge in [0.1, 0.15) is 11.6 Å². The van der Waals surface area contributed by atoms with Crippen molar-refractivity contribution >= 4 is 11.6 Å². The van der Waals surface area contributed by atoms with Crippen molar-refractivity contribution in [2.45, 2.75) is 32.3 Å². The number of amides is 1. The minimum atomic E-state index is -0.615. The van der Waals surface area contributed by atoms with Gasteiger partial charge in [0.2, 0.25) is 0 Å². The summed E-state index contributed by atoms with van der Waals surface area (Å²) in [6, 6.07) is 14.2. The minimum absolute atomic E-state index is 0.159. The smallest absolute Gasteiger partial charge is 0.260 e. The molecule has 1 aliphatic heterocycles. The molecule has 0 aliphatic carbocycles. The van der Waals surface area contributed by atoms with E-state index in [0.717, 1.165) is 25.9 Å². The fourth-order valence-electron chi connectivity index (χ4n) is 3.24. The fourth-order valence-corrected chi connectivity index (χ4v) is 3.24. The highest BCUT2D eigenvalue weighted by atomic mass is 19.1. The molecule has 1 heterocycles. The number of halogens is 1. The van der Waals surface area contributed by atoms with Crippen LogP contribution in [0.2, 0.25) is 0 Å². The molecule has 4 nitrogen and oxygen atoms in total. The molecule has 2 aromatic carbocycles. The van der Waals surface area contributed by atoms with E-state index in [1.807, 2.05) is 0 Å². The molecule has 0 fully saturated rings. The van der Waals surface area contributed by atoms with Crippen LogP contribution in [0.4, 0.5) is 10.1 Å². The van der Waals surface area contributed by atoms with Gasteiger partial charge in [0.05, 0.1) is 0 Å². The van der Waals surface area contributed by atoms with Crippen LogP contribution in [0.15, 0.2) is 48.5 Å². The van der Waals surface area contributed by atoms with Crippen LogP contribution in [-0.4, -0.2) is 31.6 Å². The Morgan fingerprint density at radius 2 is 2.00 bits per heavy atom. The van der Waals surface area contributed by atoms with Gasteiger partial charge in [0.25, 0.3) is 5.91 Å². The summed E-state index contributed by atoms with van der Waals surface area (Å²) >= 11 is 0. The molecule has 0 saturated heterocycles. The van der Waals surface area contributed by atoms with Gasteiger partial charge < -0.3 is 15.0 Å². The first-order chi connectivity index (χ1) is 12.6. The van der Waals surface area contributed by atoms with E-state index in [1.165, 1.54) is 41.9 Å². The highest BCUT2D eigenvalue weighted by Gasteiger charge is 2.17. The van der Waals surface area contributed by atoms with Crippen molar-refractivity contribution in [3.05, 3.63) is 59.9 Å². The number of carbonyl (C=O) groups is 1. The zero-order chi connectivity index (χ0) is 18.4. The number of carbonyl (C=O) groups excluding carboxylic acids is 1. The molecule has 0 aromatic heterocycles. The molecule has 1 aliphatic rings. The van der Waals surface area contributed by atoms with E-state index in [-0.39, 0.29) is 11.7 Å². The molecule has 1 amide bonds. The maximum atomic E-state index is 12.9. The second kappa shape index (κ2) is 8.70. The van der Waals surface area contributed by atoms with Crippen molar-refractivity contribution in [2.75, 3.05) is 24.5 Å². The Hall–Kier alpha value is -2.56. The number of para-hydroxylation sites is 1. The third-order valence-electron chi connectivity index (χ3n) is 4.61. The van der Waals surface area contributed by atoms with Gasteiger partial charge in [-0.25, -0.2) is 4.39 Å². The molecule has 3 rings (SSSR count). The van der Waals surface area contributed by atoms with Gasteiger partial charge in [0.15, 0.2) is 6.10 Å². The van der Waals surface area contributed by atoms with Crippen molar-refractivity contribution in [3.63, 3.8) is 0 Å². The highest BCUT2D eigenvalue weighted by molar-refractivity contribution is 5.80. The Kier molecular flexibility index (Phi) is 6.10. The van der Waals surface area contributed by atoms with Crippen LogP contribution in [-0.2, 0) is 11.2 Å². The van der Waals surface area contributed by atoms with E-state index in [0.29, 0.717) is 12.3 Å². The van der Waals surface area contributed by atoms with Crippen LogP contribution < -0.4 is 15.0 Å². The van der Waals surface area contributed by atoms with E-state index in [4.69, 9.17) is 4.74 Å². The Morgan fingerprint density at radius 3 is 2.81 bits per heavy atom. The van der Waals surface area contributed by atoms with Crippen molar-refractivity contribution in [1.29, 1.82) is 0 Å². The molecule has 1 atom stereocenters. The lowest BCUT2D eigenvalue weighted by Gasteiger charge is -2.31. The number of hydrogen-bond donors (Lipinski definition) is 1. The molecule has 1 N–H and O–H groups in total. The minimum Gasteiger partial charge on any atom is -0.481 e. The van der Waals surface area contributed by atoms with Crippen molar-refractivity contribution in [2.24, 2.45) is 0 Å². The second-order valence-electron chi connectivity index (χ2n) is 6.58. The zero-order valence-corrected chi connectivity index (χ0v) is 15.1. The average molecular weight is 356 g/mol. The average Bonchev–Trinajstić information content (AvgIpc) is 2.67. The molecule has 5 heteroatoms. The first-order valence-electron chi connectivity index (χ1n) is 9.16. The third kappa shape index (κ3) is 4.75.